The Labute approximate surface area is 156 Å². The van der Waals surface area contributed by atoms with Crippen LogP contribution in [0, 0.1) is 11.3 Å². The first-order valence-corrected chi connectivity index (χ1v) is 8.50. The molecule has 4 rings (SSSR count). The molecule has 2 aromatic heterocycles. The highest BCUT2D eigenvalue weighted by Crippen LogP contribution is 2.24. The predicted molar refractivity (Wildman–Crippen MR) is 105 cm³/mol. The molecule has 2 heterocycles. The summed E-state index contributed by atoms with van der Waals surface area (Å²) in [5.41, 5.74) is 3.99. The molecule has 4 heteroatoms. The van der Waals surface area contributed by atoms with Crippen LogP contribution in [-0.2, 0) is 0 Å². The predicted octanol–water partition coefficient (Wildman–Crippen LogP) is 4.44. The molecule has 27 heavy (non-hydrogen) atoms. The van der Waals surface area contributed by atoms with Gasteiger partial charge in [0, 0.05) is 29.2 Å². The summed E-state index contributed by atoms with van der Waals surface area (Å²) in [6.45, 7) is 0. The van der Waals surface area contributed by atoms with Crippen molar-refractivity contribution in [1.29, 1.82) is 5.26 Å². The fourth-order valence-corrected chi connectivity index (χ4v) is 3.00. The SMILES string of the molecule is N#Cc1cccc(-c2cc(-c3ccccn3)cn(-c3ccccc3)c2=O)c1. The summed E-state index contributed by atoms with van der Waals surface area (Å²) >= 11 is 0. The molecule has 0 unspecified atom stereocenters. The summed E-state index contributed by atoms with van der Waals surface area (Å²) in [6.07, 6.45) is 3.53. The highest BCUT2D eigenvalue weighted by Gasteiger charge is 2.12. The van der Waals surface area contributed by atoms with Crippen molar-refractivity contribution in [2.45, 2.75) is 0 Å². The fraction of sp³-hybridized carbons (Fsp3) is 0. The molecule has 0 atom stereocenters. The Hall–Kier alpha value is -3.97. The number of benzene rings is 2. The molecular weight excluding hydrogens is 334 g/mol. The van der Waals surface area contributed by atoms with E-state index in [1.165, 1.54) is 0 Å². The molecule has 0 radical (unpaired) electrons. The van der Waals surface area contributed by atoms with E-state index in [-0.39, 0.29) is 5.56 Å². The minimum absolute atomic E-state index is 0.143. The zero-order valence-electron chi connectivity index (χ0n) is 14.4. The number of nitrogens with zero attached hydrogens (tertiary/aromatic N) is 3. The molecule has 0 saturated carbocycles. The van der Waals surface area contributed by atoms with Gasteiger partial charge in [-0.05, 0) is 48.0 Å². The Morgan fingerprint density at radius 3 is 2.41 bits per heavy atom. The maximum absolute atomic E-state index is 13.2. The van der Waals surface area contributed by atoms with Crippen LogP contribution >= 0.6 is 0 Å². The Bertz CT molecular complexity index is 1190. The van der Waals surface area contributed by atoms with Crippen LogP contribution in [0.25, 0.3) is 28.1 Å². The van der Waals surface area contributed by atoms with Gasteiger partial charge in [0.2, 0.25) is 0 Å². The van der Waals surface area contributed by atoms with Crippen LogP contribution in [0.2, 0.25) is 0 Å². The van der Waals surface area contributed by atoms with E-state index < -0.39 is 0 Å². The molecule has 0 fully saturated rings. The van der Waals surface area contributed by atoms with Gasteiger partial charge in [-0.25, -0.2) is 0 Å². The quantitative estimate of drug-likeness (QED) is 0.549. The zero-order chi connectivity index (χ0) is 18.6. The van der Waals surface area contributed by atoms with Crippen LogP contribution in [-0.4, -0.2) is 9.55 Å². The van der Waals surface area contributed by atoms with Gasteiger partial charge in [-0.1, -0.05) is 36.4 Å². The second-order valence-electron chi connectivity index (χ2n) is 6.06. The van der Waals surface area contributed by atoms with Crippen LogP contribution in [0.1, 0.15) is 5.56 Å². The number of hydrogen-bond acceptors (Lipinski definition) is 3. The minimum Gasteiger partial charge on any atom is -0.283 e. The molecule has 4 aromatic rings. The fourth-order valence-electron chi connectivity index (χ4n) is 3.00. The van der Waals surface area contributed by atoms with Crippen LogP contribution in [0.3, 0.4) is 0 Å². The van der Waals surface area contributed by atoms with Gasteiger partial charge in [0.15, 0.2) is 0 Å². The average molecular weight is 349 g/mol. The standard InChI is InChI=1S/C23H15N3O/c24-15-17-7-6-8-18(13-17)21-14-19(22-11-4-5-12-25-22)16-26(23(21)27)20-9-2-1-3-10-20/h1-14,16H. The lowest BCUT2D eigenvalue weighted by atomic mass is 10.0. The van der Waals surface area contributed by atoms with E-state index in [0.717, 1.165) is 16.9 Å². The van der Waals surface area contributed by atoms with E-state index in [4.69, 9.17) is 0 Å². The summed E-state index contributed by atoms with van der Waals surface area (Å²) in [5, 5.41) is 9.20. The number of nitriles is 1. The maximum atomic E-state index is 13.2. The number of pyridine rings is 2. The van der Waals surface area contributed by atoms with Crippen molar-refractivity contribution >= 4 is 0 Å². The smallest absolute Gasteiger partial charge is 0.262 e. The van der Waals surface area contributed by atoms with Gasteiger partial charge in [0.05, 0.1) is 17.3 Å². The second-order valence-corrected chi connectivity index (χ2v) is 6.06. The molecule has 4 nitrogen and oxygen atoms in total. The van der Waals surface area contributed by atoms with Crippen molar-refractivity contribution in [1.82, 2.24) is 9.55 Å². The van der Waals surface area contributed by atoms with Gasteiger partial charge in [0.25, 0.3) is 5.56 Å². The minimum atomic E-state index is -0.143. The lowest BCUT2D eigenvalue weighted by molar-refractivity contribution is 0.993. The number of rotatable bonds is 3. The molecule has 128 valence electrons. The Kier molecular flexibility index (Phi) is 4.34. The molecule has 0 aliphatic rings. The summed E-state index contributed by atoms with van der Waals surface area (Å²) in [4.78, 5) is 17.6. The average Bonchev–Trinajstić information content (AvgIpc) is 2.75. The van der Waals surface area contributed by atoms with E-state index in [1.54, 1.807) is 35.2 Å². The van der Waals surface area contributed by atoms with Gasteiger partial charge < -0.3 is 0 Å². The third kappa shape index (κ3) is 3.26. The highest BCUT2D eigenvalue weighted by atomic mass is 16.1. The van der Waals surface area contributed by atoms with E-state index in [1.807, 2.05) is 60.7 Å². The van der Waals surface area contributed by atoms with Gasteiger partial charge in [-0.3, -0.25) is 14.3 Å². The van der Waals surface area contributed by atoms with Crippen molar-refractivity contribution in [3.05, 3.63) is 107 Å². The normalized spacial score (nSPS) is 10.3. The molecule has 0 aliphatic heterocycles. The molecule has 0 bridgehead atoms. The van der Waals surface area contributed by atoms with Crippen molar-refractivity contribution in [3.8, 4) is 34.1 Å². The third-order valence-corrected chi connectivity index (χ3v) is 4.31. The Morgan fingerprint density at radius 2 is 1.67 bits per heavy atom. The van der Waals surface area contributed by atoms with Crippen molar-refractivity contribution in [2.75, 3.05) is 0 Å². The number of hydrogen-bond donors (Lipinski definition) is 0. The summed E-state index contributed by atoms with van der Waals surface area (Å²) in [5.74, 6) is 0. The van der Waals surface area contributed by atoms with E-state index in [2.05, 4.69) is 11.1 Å². The Balaban J connectivity index is 2.01. The summed E-state index contributed by atoms with van der Waals surface area (Å²) in [6, 6.07) is 26.2. The zero-order valence-corrected chi connectivity index (χ0v) is 14.4. The van der Waals surface area contributed by atoms with E-state index in [0.29, 0.717) is 16.7 Å². The Morgan fingerprint density at radius 1 is 0.852 bits per heavy atom. The molecule has 0 amide bonds. The monoisotopic (exact) mass is 349 g/mol. The van der Waals surface area contributed by atoms with Gasteiger partial charge in [-0.2, -0.15) is 5.26 Å². The first kappa shape index (κ1) is 16.5. The van der Waals surface area contributed by atoms with Crippen LogP contribution in [0.4, 0.5) is 0 Å². The first-order valence-electron chi connectivity index (χ1n) is 8.50. The van der Waals surface area contributed by atoms with Gasteiger partial charge in [0.1, 0.15) is 0 Å². The topological polar surface area (TPSA) is 58.7 Å². The van der Waals surface area contributed by atoms with Crippen LogP contribution < -0.4 is 5.56 Å². The lowest BCUT2D eigenvalue weighted by Crippen LogP contribution is -2.20. The molecule has 0 aliphatic carbocycles. The molecule has 0 spiro atoms. The number of para-hydroxylation sites is 1. The van der Waals surface area contributed by atoms with Crippen LogP contribution in [0.15, 0.2) is 96.1 Å². The molecule has 0 saturated heterocycles. The van der Waals surface area contributed by atoms with Crippen molar-refractivity contribution < 1.29 is 0 Å². The van der Waals surface area contributed by atoms with Gasteiger partial charge in [-0.15, -0.1) is 0 Å². The van der Waals surface area contributed by atoms with Crippen LogP contribution in [0.5, 0.6) is 0 Å². The maximum Gasteiger partial charge on any atom is 0.262 e. The number of aromatic nitrogens is 2. The third-order valence-electron chi connectivity index (χ3n) is 4.31. The molecule has 2 aromatic carbocycles. The lowest BCUT2D eigenvalue weighted by Gasteiger charge is -2.12. The first-order chi connectivity index (χ1) is 13.3. The van der Waals surface area contributed by atoms with E-state index >= 15 is 0 Å². The highest BCUT2D eigenvalue weighted by molar-refractivity contribution is 5.71. The van der Waals surface area contributed by atoms with Gasteiger partial charge >= 0.3 is 0 Å². The molecule has 0 N–H and O–H groups in total. The van der Waals surface area contributed by atoms with Crippen molar-refractivity contribution in [3.63, 3.8) is 0 Å². The second kappa shape index (κ2) is 7.11. The summed E-state index contributed by atoms with van der Waals surface area (Å²) in [7, 11) is 0. The molecular formula is C23H15N3O. The van der Waals surface area contributed by atoms with E-state index in [9.17, 15) is 10.1 Å². The largest absolute Gasteiger partial charge is 0.283 e. The summed E-state index contributed by atoms with van der Waals surface area (Å²) < 4.78 is 1.62. The van der Waals surface area contributed by atoms with Crippen molar-refractivity contribution in [2.24, 2.45) is 0 Å².